The number of carbonyl (C=O) groups is 1. The van der Waals surface area contributed by atoms with Gasteiger partial charge in [-0.05, 0) is 44.8 Å². The van der Waals surface area contributed by atoms with Gasteiger partial charge < -0.3 is 0 Å². The molecule has 0 aliphatic heterocycles. The van der Waals surface area contributed by atoms with Crippen molar-refractivity contribution in [2.24, 2.45) is 16.8 Å². The highest BCUT2D eigenvalue weighted by atomic mass is 32.1. The molecule has 78 valence electrons. The fourth-order valence-electron chi connectivity index (χ4n) is 2.14. The summed E-state index contributed by atoms with van der Waals surface area (Å²) >= 11 is 4.60. The molecule has 0 aromatic rings. The number of aliphatic imine (C=N–C) groups is 1. The largest absolute Gasteiger partial charge is 0.299 e. The second-order valence-electron chi connectivity index (χ2n) is 4.76. The van der Waals surface area contributed by atoms with Gasteiger partial charge in [-0.25, -0.2) is 4.99 Å². The lowest BCUT2D eigenvalue weighted by Crippen LogP contribution is -2.38. The van der Waals surface area contributed by atoms with Crippen LogP contribution in [0.3, 0.4) is 0 Å². The Morgan fingerprint density at radius 2 is 2.14 bits per heavy atom. The Labute approximate surface area is 90.8 Å². The van der Waals surface area contributed by atoms with Crippen LogP contribution in [0.2, 0.25) is 0 Å². The van der Waals surface area contributed by atoms with Crippen LogP contribution in [0.5, 0.6) is 0 Å². The van der Waals surface area contributed by atoms with Crippen molar-refractivity contribution in [2.45, 2.75) is 45.6 Å². The van der Waals surface area contributed by atoms with Gasteiger partial charge >= 0.3 is 0 Å². The lowest BCUT2D eigenvalue weighted by atomic mass is 9.73. The standard InChI is InChI=1S/C11H17NOS/c1-8-4-5-9(10(13)6-8)11(2,3)12-7-14/h8-9H,4-6H2,1-3H3/t8-,9-/m1/s1. The van der Waals surface area contributed by atoms with Gasteiger partial charge in [0.2, 0.25) is 0 Å². The van der Waals surface area contributed by atoms with E-state index in [-0.39, 0.29) is 11.5 Å². The summed E-state index contributed by atoms with van der Waals surface area (Å²) in [7, 11) is 0. The van der Waals surface area contributed by atoms with Crippen molar-refractivity contribution < 1.29 is 4.79 Å². The summed E-state index contributed by atoms with van der Waals surface area (Å²) in [5.74, 6) is 0.905. The Morgan fingerprint density at radius 3 is 2.64 bits per heavy atom. The highest BCUT2D eigenvalue weighted by Crippen LogP contribution is 2.34. The highest BCUT2D eigenvalue weighted by Gasteiger charge is 2.37. The number of isothiocyanates is 1. The summed E-state index contributed by atoms with van der Waals surface area (Å²) in [6, 6.07) is 0. The van der Waals surface area contributed by atoms with Crippen LogP contribution in [0.1, 0.15) is 40.0 Å². The quantitative estimate of drug-likeness (QED) is 0.519. The van der Waals surface area contributed by atoms with E-state index in [1.54, 1.807) is 0 Å². The first kappa shape index (κ1) is 11.5. The molecule has 0 amide bonds. The smallest absolute Gasteiger partial charge is 0.138 e. The summed E-state index contributed by atoms with van der Waals surface area (Å²) in [6.07, 6.45) is 2.75. The van der Waals surface area contributed by atoms with Crippen molar-refractivity contribution in [1.82, 2.24) is 0 Å². The average Bonchev–Trinajstić information content (AvgIpc) is 2.02. The molecular weight excluding hydrogens is 194 g/mol. The molecule has 2 atom stereocenters. The van der Waals surface area contributed by atoms with Gasteiger partial charge in [0.25, 0.3) is 0 Å². The minimum Gasteiger partial charge on any atom is -0.299 e. The van der Waals surface area contributed by atoms with Gasteiger partial charge in [-0.15, -0.1) is 0 Å². The zero-order valence-corrected chi connectivity index (χ0v) is 9.86. The zero-order valence-electron chi connectivity index (χ0n) is 9.04. The molecule has 1 fully saturated rings. The third kappa shape index (κ3) is 2.49. The fraction of sp³-hybridized carbons (Fsp3) is 0.818. The fourth-order valence-corrected chi connectivity index (χ4v) is 2.38. The monoisotopic (exact) mass is 211 g/mol. The molecule has 14 heavy (non-hydrogen) atoms. The van der Waals surface area contributed by atoms with E-state index in [0.717, 1.165) is 12.8 Å². The molecule has 1 rings (SSSR count). The first-order valence-corrected chi connectivity index (χ1v) is 5.50. The van der Waals surface area contributed by atoms with Crippen molar-refractivity contribution in [3.05, 3.63) is 0 Å². The number of nitrogens with zero attached hydrogens (tertiary/aromatic N) is 1. The summed E-state index contributed by atoms with van der Waals surface area (Å²) in [5.41, 5.74) is -0.362. The summed E-state index contributed by atoms with van der Waals surface area (Å²) in [5, 5.41) is 2.39. The third-order valence-electron chi connectivity index (χ3n) is 3.07. The Hall–Kier alpha value is -0.530. The minimum atomic E-state index is -0.362. The number of ketones is 1. The maximum atomic E-state index is 11.8. The predicted molar refractivity (Wildman–Crippen MR) is 60.6 cm³/mol. The van der Waals surface area contributed by atoms with Gasteiger partial charge in [-0.2, -0.15) is 0 Å². The molecule has 0 radical (unpaired) electrons. The van der Waals surface area contributed by atoms with Crippen LogP contribution < -0.4 is 0 Å². The molecule has 0 heterocycles. The van der Waals surface area contributed by atoms with Gasteiger partial charge in [-0.3, -0.25) is 4.79 Å². The number of thiocarbonyl (C=S) groups is 1. The maximum absolute atomic E-state index is 11.8. The lowest BCUT2D eigenvalue weighted by molar-refractivity contribution is -0.127. The summed E-state index contributed by atoms with van der Waals surface area (Å²) < 4.78 is 0. The normalized spacial score (nSPS) is 28.4. The minimum absolute atomic E-state index is 0.0362. The molecule has 0 aromatic carbocycles. The molecule has 3 heteroatoms. The van der Waals surface area contributed by atoms with Crippen LogP contribution in [-0.2, 0) is 4.79 Å². The number of Topliss-reactive ketones (excluding diaryl/α,β-unsaturated/α-hetero) is 1. The van der Waals surface area contributed by atoms with Crippen LogP contribution in [0.15, 0.2) is 4.99 Å². The Kier molecular flexibility index (Phi) is 3.57. The second kappa shape index (κ2) is 4.33. The average molecular weight is 211 g/mol. The van der Waals surface area contributed by atoms with E-state index in [0.29, 0.717) is 18.1 Å². The molecule has 0 saturated heterocycles. The Bertz CT molecular complexity index is 279. The molecule has 1 aliphatic rings. The second-order valence-corrected chi connectivity index (χ2v) is 4.94. The number of hydrogen-bond donors (Lipinski definition) is 0. The van der Waals surface area contributed by atoms with Gasteiger partial charge in [0.05, 0.1) is 10.7 Å². The van der Waals surface area contributed by atoms with E-state index >= 15 is 0 Å². The van der Waals surface area contributed by atoms with E-state index in [1.165, 1.54) is 0 Å². The Morgan fingerprint density at radius 1 is 1.50 bits per heavy atom. The van der Waals surface area contributed by atoms with Crippen LogP contribution >= 0.6 is 12.2 Å². The van der Waals surface area contributed by atoms with Crippen LogP contribution in [-0.4, -0.2) is 16.5 Å². The first-order valence-electron chi connectivity index (χ1n) is 5.09. The highest BCUT2D eigenvalue weighted by molar-refractivity contribution is 7.78. The Balaban J connectivity index is 2.78. The van der Waals surface area contributed by atoms with E-state index in [1.807, 2.05) is 13.8 Å². The van der Waals surface area contributed by atoms with Crippen molar-refractivity contribution in [3.8, 4) is 0 Å². The van der Waals surface area contributed by atoms with E-state index in [4.69, 9.17) is 0 Å². The molecule has 0 bridgehead atoms. The van der Waals surface area contributed by atoms with Crippen LogP contribution in [0, 0.1) is 11.8 Å². The van der Waals surface area contributed by atoms with Crippen LogP contribution in [0.4, 0.5) is 0 Å². The van der Waals surface area contributed by atoms with Gasteiger partial charge in [-0.1, -0.05) is 6.92 Å². The molecule has 0 unspecified atom stereocenters. The maximum Gasteiger partial charge on any atom is 0.138 e. The van der Waals surface area contributed by atoms with Gasteiger partial charge in [0.15, 0.2) is 0 Å². The van der Waals surface area contributed by atoms with Crippen molar-refractivity contribution in [2.75, 3.05) is 0 Å². The topological polar surface area (TPSA) is 29.4 Å². The molecule has 2 nitrogen and oxygen atoms in total. The number of carbonyl (C=O) groups excluding carboxylic acids is 1. The molecule has 1 saturated carbocycles. The lowest BCUT2D eigenvalue weighted by Gasteiger charge is -2.33. The zero-order chi connectivity index (χ0) is 10.8. The molecule has 0 N–H and O–H groups in total. The molecule has 0 spiro atoms. The number of hydrogen-bond acceptors (Lipinski definition) is 3. The van der Waals surface area contributed by atoms with Gasteiger partial charge in [0, 0.05) is 12.3 Å². The van der Waals surface area contributed by atoms with E-state index < -0.39 is 0 Å². The van der Waals surface area contributed by atoms with Gasteiger partial charge in [0.1, 0.15) is 5.78 Å². The summed E-state index contributed by atoms with van der Waals surface area (Å²) in [4.78, 5) is 15.9. The third-order valence-corrected chi connectivity index (χ3v) is 3.16. The van der Waals surface area contributed by atoms with Crippen molar-refractivity contribution >= 4 is 23.2 Å². The van der Waals surface area contributed by atoms with Crippen LogP contribution in [0.25, 0.3) is 0 Å². The SMILES string of the molecule is C[C@@H]1CC[C@@H](C(C)(C)N=C=S)C(=O)C1. The van der Waals surface area contributed by atoms with Crippen molar-refractivity contribution in [1.29, 1.82) is 0 Å². The van der Waals surface area contributed by atoms with Crippen molar-refractivity contribution in [3.63, 3.8) is 0 Å². The molecule has 1 aliphatic carbocycles. The molecular formula is C11H17NOS. The first-order chi connectivity index (χ1) is 6.47. The van der Waals surface area contributed by atoms with E-state index in [2.05, 4.69) is 29.3 Å². The summed E-state index contributed by atoms with van der Waals surface area (Å²) in [6.45, 7) is 6.05. The molecule has 0 aromatic heterocycles. The number of rotatable bonds is 2. The predicted octanol–water partition coefficient (Wildman–Crippen LogP) is 2.87. The van der Waals surface area contributed by atoms with E-state index in [9.17, 15) is 4.79 Å².